The molecular formula is C16H34O2. The quantitative estimate of drug-likeness (QED) is 0.251. The third kappa shape index (κ3) is 12.4. The summed E-state index contributed by atoms with van der Waals surface area (Å²) in [4.78, 5) is 10.6. The average Bonchev–Trinajstić information content (AvgIpc) is 2.35. The van der Waals surface area contributed by atoms with E-state index < -0.39 is 0 Å². The Bertz CT molecular complexity index is 157. The van der Waals surface area contributed by atoms with Crippen molar-refractivity contribution in [2.24, 2.45) is 11.8 Å². The van der Waals surface area contributed by atoms with E-state index in [1.165, 1.54) is 44.9 Å². The second-order valence-corrected chi connectivity index (χ2v) is 5.77. The van der Waals surface area contributed by atoms with Gasteiger partial charge in [-0.25, -0.2) is 9.78 Å². The molecule has 18 heavy (non-hydrogen) atoms. The van der Waals surface area contributed by atoms with Crippen molar-refractivity contribution >= 4 is 0 Å². The van der Waals surface area contributed by atoms with Gasteiger partial charge in [0.25, 0.3) is 0 Å². The van der Waals surface area contributed by atoms with Gasteiger partial charge in [-0.3, -0.25) is 0 Å². The van der Waals surface area contributed by atoms with Gasteiger partial charge in [-0.15, -0.1) is 0 Å². The van der Waals surface area contributed by atoms with E-state index in [1.807, 2.05) is 0 Å². The Labute approximate surface area is 114 Å². The predicted octanol–water partition coefficient (Wildman–Crippen LogP) is 5.37. The fourth-order valence-corrected chi connectivity index (χ4v) is 1.99. The van der Waals surface area contributed by atoms with Crippen molar-refractivity contribution in [1.82, 2.24) is 0 Å². The molecular weight excluding hydrogens is 224 g/mol. The van der Waals surface area contributed by atoms with Gasteiger partial charge >= 0.3 is 0 Å². The van der Waals surface area contributed by atoms with E-state index >= 15 is 0 Å². The van der Waals surface area contributed by atoms with Crippen molar-refractivity contribution in [1.29, 1.82) is 0 Å². The van der Waals surface area contributed by atoms with Gasteiger partial charge in [-0.2, -0.15) is 0 Å². The molecule has 0 bridgehead atoms. The van der Waals surface area contributed by atoms with Gasteiger partial charge in [0.15, 0.2) is 0 Å². The van der Waals surface area contributed by atoms with Crippen LogP contribution in [0.3, 0.4) is 0 Å². The normalized spacial score (nSPS) is 13.2. The van der Waals surface area contributed by atoms with Gasteiger partial charge in [0.2, 0.25) is 0 Å². The minimum atomic E-state index is 0.672. The van der Waals surface area contributed by atoms with E-state index in [2.05, 4.69) is 27.7 Å². The molecule has 2 nitrogen and oxygen atoms in total. The minimum absolute atomic E-state index is 0.672. The highest BCUT2D eigenvalue weighted by Crippen LogP contribution is 2.13. The molecule has 0 aromatic heterocycles. The zero-order valence-corrected chi connectivity index (χ0v) is 13.0. The molecule has 110 valence electrons. The molecule has 1 atom stereocenters. The molecule has 2 heteroatoms. The monoisotopic (exact) mass is 258 g/mol. The van der Waals surface area contributed by atoms with Crippen LogP contribution in [0.4, 0.5) is 0 Å². The van der Waals surface area contributed by atoms with Crippen molar-refractivity contribution in [3.05, 3.63) is 0 Å². The number of hydrogen-bond donors (Lipinski definition) is 0. The maximum atomic E-state index is 5.31. The fraction of sp³-hybridized carbons (Fsp3) is 1.00. The van der Waals surface area contributed by atoms with Gasteiger partial charge < -0.3 is 0 Å². The van der Waals surface area contributed by atoms with E-state index in [1.54, 1.807) is 0 Å². The Morgan fingerprint density at radius 1 is 0.833 bits per heavy atom. The summed E-state index contributed by atoms with van der Waals surface area (Å²) >= 11 is 0. The van der Waals surface area contributed by atoms with E-state index in [0.29, 0.717) is 5.92 Å². The molecule has 0 N–H and O–H groups in total. The Kier molecular flexibility index (Phi) is 13.3. The summed E-state index contributed by atoms with van der Waals surface area (Å²) in [6.07, 6.45) is 10.1. The number of rotatable bonds is 13. The average molecular weight is 258 g/mol. The summed E-state index contributed by atoms with van der Waals surface area (Å²) in [5.41, 5.74) is 0. The lowest BCUT2D eigenvalue weighted by Gasteiger charge is -2.13. The highest BCUT2D eigenvalue weighted by Gasteiger charge is 2.06. The molecule has 0 saturated heterocycles. The molecule has 0 saturated carbocycles. The van der Waals surface area contributed by atoms with Crippen LogP contribution in [-0.4, -0.2) is 13.2 Å². The van der Waals surface area contributed by atoms with Crippen LogP contribution in [0.5, 0.6) is 0 Å². The molecule has 0 aliphatic carbocycles. The van der Waals surface area contributed by atoms with Gasteiger partial charge in [0, 0.05) is 0 Å². The van der Waals surface area contributed by atoms with E-state index in [4.69, 9.17) is 9.78 Å². The summed E-state index contributed by atoms with van der Waals surface area (Å²) in [5, 5.41) is 0. The van der Waals surface area contributed by atoms with Crippen LogP contribution in [-0.2, 0) is 9.78 Å². The van der Waals surface area contributed by atoms with Gasteiger partial charge in [-0.1, -0.05) is 66.2 Å². The highest BCUT2D eigenvalue weighted by atomic mass is 17.2. The first-order valence-corrected chi connectivity index (χ1v) is 7.95. The van der Waals surface area contributed by atoms with E-state index in [0.717, 1.165) is 25.6 Å². The lowest BCUT2D eigenvalue weighted by Crippen LogP contribution is -2.09. The largest absolute Gasteiger partial charge is 0.237 e. The molecule has 0 heterocycles. The number of unbranched alkanes of at least 4 members (excludes halogenated alkanes) is 3. The molecule has 0 aromatic carbocycles. The number of hydrogen-bond acceptors (Lipinski definition) is 2. The van der Waals surface area contributed by atoms with Crippen LogP contribution in [0.25, 0.3) is 0 Å². The topological polar surface area (TPSA) is 18.5 Å². The van der Waals surface area contributed by atoms with Crippen LogP contribution >= 0.6 is 0 Å². The van der Waals surface area contributed by atoms with Crippen LogP contribution in [0.1, 0.15) is 79.1 Å². The molecule has 0 radical (unpaired) electrons. The summed E-state index contributed by atoms with van der Waals surface area (Å²) in [7, 11) is 0. The minimum Gasteiger partial charge on any atom is -0.237 e. The summed E-state index contributed by atoms with van der Waals surface area (Å²) in [6.45, 7) is 10.5. The standard InChI is InChI=1S/C16H34O2/c1-5-7-12-16(6-2)14-18-17-13-10-8-9-11-15(3)4/h15-16H,5-14H2,1-4H3. The molecule has 0 spiro atoms. The molecule has 0 aliphatic rings. The maximum Gasteiger partial charge on any atom is 0.0850 e. The molecule has 1 unspecified atom stereocenters. The SMILES string of the molecule is CCCCC(CC)COOCCCCCC(C)C. The van der Waals surface area contributed by atoms with Gasteiger partial charge in [0.1, 0.15) is 0 Å². The van der Waals surface area contributed by atoms with Crippen molar-refractivity contribution < 1.29 is 9.78 Å². The second kappa shape index (κ2) is 13.4. The molecule has 0 rings (SSSR count). The Morgan fingerprint density at radius 3 is 2.22 bits per heavy atom. The van der Waals surface area contributed by atoms with Crippen LogP contribution in [0.15, 0.2) is 0 Å². The molecule has 0 amide bonds. The lowest BCUT2D eigenvalue weighted by atomic mass is 10.0. The third-order valence-electron chi connectivity index (χ3n) is 3.44. The molecule has 0 aliphatic heterocycles. The summed E-state index contributed by atoms with van der Waals surface area (Å²) < 4.78 is 0. The highest BCUT2D eigenvalue weighted by molar-refractivity contribution is 4.54. The first-order chi connectivity index (χ1) is 8.70. The zero-order valence-electron chi connectivity index (χ0n) is 13.0. The summed E-state index contributed by atoms with van der Waals surface area (Å²) in [6, 6.07) is 0. The smallest absolute Gasteiger partial charge is 0.0850 e. The molecule has 0 aromatic rings. The lowest BCUT2D eigenvalue weighted by molar-refractivity contribution is -0.302. The van der Waals surface area contributed by atoms with Crippen molar-refractivity contribution in [3.8, 4) is 0 Å². The summed E-state index contributed by atoms with van der Waals surface area (Å²) in [5.74, 6) is 1.50. The van der Waals surface area contributed by atoms with Crippen molar-refractivity contribution in [3.63, 3.8) is 0 Å². The van der Waals surface area contributed by atoms with E-state index in [9.17, 15) is 0 Å². The van der Waals surface area contributed by atoms with Crippen LogP contribution in [0.2, 0.25) is 0 Å². The Balaban J connectivity index is 3.22. The first-order valence-electron chi connectivity index (χ1n) is 7.95. The maximum absolute atomic E-state index is 5.31. The van der Waals surface area contributed by atoms with Gasteiger partial charge in [-0.05, 0) is 24.7 Å². The second-order valence-electron chi connectivity index (χ2n) is 5.77. The van der Waals surface area contributed by atoms with Gasteiger partial charge in [0.05, 0.1) is 13.2 Å². The van der Waals surface area contributed by atoms with Crippen molar-refractivity contribution in [2.75, 3.05) is 13.2 Å². The van der Waals surface area contributed by atoms with Crippen molar-refractivity contribution in [2.45, 2.75) is 79.1 Å². The molecule has 0 fully saturated rings. The third-order valence-corrected chi connectivity index (χ3v) is 3.44. The fourth-order valence-electron chi connectivity index (χ4n) is 1.99. The zero-order chi connectivity index (χ0) is 13.6. The van der Waals surface area contributed by atoms with Crippen LogP contribution < -0.4 is 0 Å². The predicted molar refractivity (Wildman–Crippen MR) is 78.5 cm³/mol. The first kappa shape index (κ1) is 17.9. The Hall–Kier alpha value is -0.0800. The Morgan fingerprint density at radius 2 is 1.61 bits per heavy atom. The van der Waals surface area contributed by atoms with E-state index in [-0.39, 0.29) is 0 Å². The van der Waals surface area contributed by atoms with Crippen LogP contribution in [0, 0.1) is 11.8 Å².